The summed E-state index contributed by atoms with van der Waals surface area (Å²) in [6.45, 7) is 0.433. The molecule has 8 nitrogen and oxygen atoms in total. The Balaban J connectivity index is 1.96. The fourth-order valence-corrected chi connectivity index (χ4v) is 4.00. The van der Waals surface area contributed by atoms with Gasteiger partial charge in [0.05, 0.1) is 12.8 Å². The lowest BCUT2D eigenvalue weighted by Gasteiger charge is -2.20. The smallest absolute Gasteiger partial charge is 0.355 e. The SMILES string of the molecule is CS(=O)(=O)N1CCC[C@H]1C(=O)NCc1nc(C(=O)O)cs1. The van der Waals surface area contributed by atoms with Crippen LogP contribution in [0.5, 0.6) is 0 Å². The predicted octanol–water partition coefficient (Wildman–Crippen LogP) is -0.119. The highest BCUT2D eigenvalue weighted by Gasteiger charge is 2.36. The van der Waals surface area contributed by atoms with Gasteiger partial charge in [0.2, 0.25) is 15.9 Å². The molecule has 1 saturated heterocycles. The number of carbonyl (C=O) groups is 2. The molecule has 2 heterocycles. The van der Waals surface area contributed by atoms with E-state index in [1.165, 1.54) is 9.69 Å². The summed E-state index contributed by atoms with van der Waals surface area (Å²) < 4.78 is 24.3. The summed E-state index contributed by atoms with van der Waals surface area (Å²) in [5.74, 6) is -1.51. The number of carboxylic acids is 1. The maximum atomic E-state index is 12.1. The molecule has 21 heavy (non-hydrogen) atoms. The van der Waals surface area contributed by atoms with Gasteiger partial charge in [-0.1, -0.05) is 0 Å². The van der Waals surface area contributed by atoms with Crippen LogP contribution in [0.25, 0.3) is 0 Å². The zero-order chi connectivity index (χ0) is 15.6. The van der Waals surface area contributed by atoms with Crippen LogP contribution in [0.1, 0.15) is 28.3 Å². The van der Waals surface area contributed by atoms with E-state index in [9.17, 15) is 18.0 Å². The van der Waals surface area contributed by atoms with E-state index >= 15 is 0 Å². The first-order chi connectivity index (χ1) is 9.79. The van der Waals surface area contributed by atoms with E-state index in [-0.39, 0.29) is 18.1 Å². The number of sulfonamides is 1. The van der Waals surface area contributed by atoms with Crippen LogP contribution in [0.3, 0.4) is 0 Å². The average Bonchev–Trinajstić information content (AvgIpc) is 3.04. The average molecular weight is 333 g/mol. The highest BCUT2D eigenvalue weighted by Crippen LogP contribution is 2.20. The summed E-state index contributed by atoms with van der Waals surface area (Å²) in [6, 6.07) is -0.695. The molecule has 2 rings (SSSR count). The van der Waals surface area contributed by atoms with Crippen molar-refractivity contribution >= 4 is 33.2 Å². The van der Waals surface area contributed by atoms with E-state index in [1.807, 2.05) is 0 Å². The normalized spacial score (nSPS) is 19.6. The van der Waals surface area contributed by atoms with Crippen molar-refractivity contribution in [2.75, 3.05) is 12.8 Å². The molecule has 1 aliphatic rings. The van der Waals surface area contributed by atoms with E-state index in [4.69, 9.17) is 5.11 Å². The van der Waals surface area contributed by atoms with Crippen LogP contribution in [0.15, 0.2) is 5.38 Å². The minimum absolute atomic E-state index is 0.0668. The molecule has 1 aliphatic heterocycles. The van der Waals surface area contributed by atoms with Gasteiger partial charge in [0, 0.05) is 11.9 Å². The third-order valence-electron chi connectivity index (χ3n) is 3.12. The van der Waals surface area contributed by atoms with Gasteiger partial charge in [-0.2, -0.15) is 4.31 Å². The van der Waals surface area contributed by atoms with Crippen molar-refractivity contribution < 1.29 is 23.1 Å². The summed E-state index contributed by atoms with van der Waals surface area (Å²) in [6.07, 6.45) is 2.21. The number of aromatic carboxylic acids is 1. The Bertz CT molecular complexity index is 655. The van der Waals surface area contributed by atoms with E-state index in [2.05, 4.69) is 10.3 Å². The number of thiazole rings is 1. The molecular weight excluding hydrogens is 318 g/mol. The highest BCUT2D eigenvalue weighted by molar-refractivity contribution is 7.88. The molecule has 1 atom stereocenters. The largest absolute Gasteiger partial charge is 0.476 e. The Morgan fingerprint density at radius 2 is 2.29 bits per heavy atom. The second-order valence-electron chi connectivity index (χ2n) is 4.68. The van der Waals surface area contributed by atoms with Gasteiger partial charge in [0.1, 0.15) is 11.0 Å². The van der Waals surface area contributed by atoms with Crippen molar-refractivity contribution in [1.82, 2.24) is 14.6 Å². The number of carbonyl (C=O) groups excluding carboxylic acids is 1. The van der Waals surface area contributed by atoms with Crippen molar-refractivity contribution in [2.24, 2.45) is 0 Å². The number of rotatable bonds is 5. The fourth-order valence-electron chi connectivity index (χ4n) is 2.17. The molecule has 1 fully saturated rings. The van der Waals surface area contributed by atoms with Crippen molar-refractivity contribution in [3.05, 3.63) is 16.1 Å². The molecule has 0 unspecified atom stereocenters. The minimum atomic E-state index is -3.41. The Hall–Kier alpha value is -1.52. The Morgan fingerprint density at radius 1 is 1.57 bits per heavy atom. The molecule has 1 aromatic heterocycles. The first kappa shape index (κ1) is 15.9. The summed E-state index contributed by atoms with van der Waals surface area (Å²) in [7, 11) is -3.41. The third-order valence-corrected chi connectivity index (χ3v) is 5.25. The van der Waals surface area contributed by atoms with Gasteiger partial charge in [-0.05, 0) is 12.8 Å². The monoisotopic (exact) mass is 333 g/mol. The lowest BCUT2D eigenvalue weighted by molar-refractivity contribution is -0.124. The second kappa shape index (κ2) is 6.08. The summed E-state index contributed by atoms with van der Waals surface area (Å²) >= 11 is 1.13. The van der Waals surface area contributed by atoms with E-state index < -0.39 is 22.0 Å². The van der Waals surface area contributed by atoms with E-state index in [1.54, 1.807) is 0 Å². The van der Waals surface area contributed by atoms with Crippen LogP contribution in [0, 0.1) is 0 Å². The molecule has 2 N–H and O–H groups in total. The Labute approximate surface area is 125 Å². The molecule has 0 bridgehead atoms. The number of amides is 1. The number of hydrogen-bond donors (Lipinski definition) is 2. The Morgan fingerprint density at radius 3 is 2.86 bits per heavy atom. The molecule has 0 spiro atoms. The van der Waals surface area contributed by atoms with Crippen LogP contribution in [0.2, 0.25) is 0 Å². The summed E-state index contributed by atoms with van der Waals surface area (Å²) in [5, 5.41) is 13.2. The van der Waals surface area contributed by atoms with Crippen molar-refractivity contribution in [1.29, 1.82) is 0 Å². The van der Waals surface area contributed by atoms with Crippen molar-refractivity contribution in [3.63, 3.8) is 0 Å². The van der Waals surface area contributed by atoms with Crippen molar-refractivity contribution in [3.8, 4) is 0 Å². The van der Waals surface area contributed by atoms with Crippen LogP contribution in [-0.4, -0.2) is 53.5 Å². The maximum Gasteiger partial charge on any atom is 0.355 e. The number of nitrogens with one attached hydrogen (secondary N) is 1. The third kappa shape index (κ3) is 3.77. The first-order valence-electron chi connectivity index (χ1n) is 6.21. The predicted molar refractivity (Wildman–Crippen MR) is 75.5 cm³/mol. The number of hydrogen-bond acceptors (Lipinski definition) is 6. The van der Waals surface area contributed by atoms with Gasteiger partial charge < -0.3 is 10.4 Å². The van der Waals surface area contributed by atoms with Crippen LogP contribution >= 0.6 is 11.3 Å². The topological polar surface area (TPSA) is 117 Å². The highest BCUT2D eigenvalue weighted by atomic mass is 32.2. The van der Waals surface area contributed by atoms with Gasteiger partial charge in [-0.25, -0.2) is 18.2 Å². The number of nitrogens with zero attached hydrogens (tertiary/aromatic N) is 2. The van der Waals surface area contributed by atoms with Gasteiger partial charge in [0.25, 0.3) is 0 Å². The molecule has 1 aromatic rings. The Kier molecular flexibility index (Phi) is 4.59. The standard InChI is InChI=1S/C11H15N3O5S2/c1-21(18,19)14-4-2-3-8(14)10(15)12-5-9-13-7(6-20-9)11(16)17/h6,8H,2-5H2,1H3,(H,12,15)(H,16,17)/t8-/m0/s1. The molecule has 1 amide bonds. The van der Waals surface area contributed by atoms with Gasteiger partial charge in [-0.15, -0.1) is 11.3 Å². The zero-order valence-corrected chi connectivity index (χ0v) is 12.9. The fraction of sp³-hybridized carbons (Fsp3) is 0.545. The van der Waals surface area contributed by atoms with Gasteiger partial charge in [0.15, 0.2) is 5.69 Å². The van der Waals surface area contributed by atoms with E-state index in [0.717, 1.165) is 17.6 Å². The van der Waals surface area contributed by atoms with Gasteiger partial charge in [-0.3, -0.25) is 4.79 Å². The number of aromatic nitrogens is 1. The molecule has 0 saturated carbocycles. The molecule has 10 heteroatoms. The van der Waals surface area contributed by atoms with E-state index in [0.29, 0.717) is 24.4 Å². The summed E-state index contributed by atoms with van der Waals surface area (Å²) in [5.41, 5.74) is -0.0668. The second-order valence-corrected chi connectivity index (χ2v) is 7.56. The van der Waals surface area contributed by atoms with Crippen LogP contribution in [0.4, 0.5) is 0 Å². The van der Waals surface area contributed by atoms with Crippen LogP contribution < -0.4 is 5.32 Å². The lowest BCUT2D eigenvalue weighted by Crippen LogP contribution is -2.45. The molecule has 0 radical (unpaired) electrons. The first-order valence-corrected chi connectivity index (χ1v) is 8.94. The molecular formula is C11H15N3O5S2. The maximum absolute atomic E-state index is 12.1. The van der Waals surface area contributed by atoms with Crippen LogP contribution in [-0.2, 0) is 21.4 Å². The minimum Gasteiger partial charge on any atom is -0.476 e. The van der Waals surface area contributed by atoms with Crippen molar-refractivity contribution in [2.45, 2.75) is 25.4 Å². The zero-order valence-electron chi connectivity index (χ0n) is 11.3. The quantitative estimate of drug-likeness (QED) is 0.776. The summed E-state index contributed by atoms with van der Waals surface area (Å²) in [4.78, 5) is 26.6. The lowest BCUT2D eigenvalue weighted by atomic mass is 10.2. The molecule has 0 aliphatic carbocycles. The van der Waals surface area contributed by atoms with Gasteiger partial charge >= 0.3 is 5.97 Å². The molecule has 0 aromatic carbocycles. The molecule has 116 valence electrons. The number of carboxylic acid groups (broad SMARTS) is 1.